The third-order valence-electron chi connectivity index (χ3n) is 4.24. The number of hydrogen-bond acceptors (Lipinski definition) is 0. The summed E-state index contributed by atoms with van der Waals surface area (Å²) < 4.78 is 6.80. The van der Waals surface area contributed by atoms with Crippen LogP contribution >= 0.6 is 17.8 Å². The van der Waals surface area contributed by atoms with E-state index in [2.05, 4.69) is 27.7 Å². The molecule has 0 aromatic carbocycles. The van der Waals surface area contributed by atoms with Crippen LogP contribution in [-0.4, -0.2) is 34.5 Å². The number of hydrogen-bond donors (Lipinski definition) is 0. The zero-order chi connectivity index (χ0) is 17.5. The van der Waals surface area contributed by atoms with Crippen LogP contribution in [0.1, 0.15) is 79.1 Å². The van der Waals surface area contributed by atoms with E-state index in [4.69, 9.17) is 17.8 Å². The summed E-state index contributed by atoms with van der Waals surface area (Å²) in [6, 6.07) is 0. The van der Waals surface area contributed by atoms with Crippen molar-refractivity contribution in [2.24, 2.45) is 0 Å². The molecule has 0 heterocycles. The van der Waals surface area contributed by atoms with Gasteiger partial charge in [-0.25, -0.2) is 0 Å². The monoisotopic (exact) mass is 568 g/mol. The normalized spacial score (nSPS) is 12.0. The van der Waals surface area contributed by atoms with E-state index in [1.54, 1.807) is 17.7 Å². The molecule has 0 bridgehead atoms. The van der Waals surface area contributed by atoms with Gasteiger partial charge in [0.2, 0.25) is 0 Å². The van der Waals surface area contributed by atoms with Crippen molar-refractivity contribution in [2.75, 3.05) is 0 Å². The minimum absolute atomic E-state index is 1.42. The van der Waals surface area contributed by atoms with Crippen LogP contribution < -0.4 is 0 Å². The average molecular weight is 567 g/mol. The number of halogens is 2. The van der Waals surface area contributed by atoms with Gasteiger partial charge < -0.3 is 0 Å². The molecule has 0 radical (unpaired) electrons. The van der Waals surface area contributed by atoms with Gasteiger partial charge in [-0.15, -0.1) is 0 Å². The van der Waals surface area contributed by atoms with Crippen molar-refractivity contribution in [3.05, 3.63) is 0 Å². The minimum atomic E-state index is -2.24. The molecule has 0 nitrogen and oxygen atoms in total. The van der Waals surface area contributed by atoms with E-state index >= 15 is 0 Å². The third kappa shape index (κ3) is 20.2. The van der Waals surface area contributed by atoms with Crippen molar-refractivity contribution in [2.45, 2.75) is 107 Å². The molecule has 136 valence electrons. The summed E-state index contributed by atoms with van der Waals surface area (Å²) >= 11 is -3.93. The van der Waals surface area contributed by atoms with Crippen LogP contribution in [0.5, 0.6) is 0 Å². The van der Waals surface area contributed by atoms with E-state index in [0.29, 0.717) is 0 Å². The fourth-order valence-electron chi connectivity index (χ4n) is 2.96. The third-order valence-corrected chi connectivity index (χ3v) is 20.4. The van der Waals surface area contributed by atoms with Gasteiger partial charge in [0.1, 0.15) is 0 Å². The van der Waals surface area contributed by atoms with Crippen LogP contribution in [0.2, 0.25) is 27.6 Å². The molecule has 0 aromatic rings. The van der Waals surface area contributed by atoms with Crippen molar-refractivity contribution in [3.63, 3.8) is 0 Å². The van der Waals surface area contributed by atoms with Crippen LogP contribution in [0.25, 0.3) is 0 Å². The van der Waals surface area contributed by atoms with Crippen LogP contribution in [0.4, 0.5) is 0 Å². The van der Waals surface area contributed by atoms with Gasteiger partial charge >= 0.3 is 159 Å². The summed E-state index contributed by atoms with van der Waals surface area (Å²) in [4.78, 5) is 3.86. The Balaban J connectivity index is 0. The second-order valence-corrected chi connectivity index (χ2v) is 43.1. The first-order valence-corrected chi connectivity index (χ1v) is 30.6. The Morgan fingerprint density at radius 1 is 0.545 bits per heavy atom. The van der Waals surface area contributed by atoms with Gasteiger partial charge in [-0.05, 0) is 0 Å². The van der Waals surface area contributed by atoms with Gasteiger partial charge in [0, 0.05) is 0 Å². The van der Waals surface area contributed by atoms with Gasteiger partial charge in [0.15, 0.2) is 0 Å². The van der Waals surface area contributed by atoms with Crippen LogP contribution in [-0.2, 0) is 0 Å². The van der Waals surface area contributed by atoms with E-state index in [-0.39, 0.29) is 0 Å². The Labute approximate surface area is 157 Å². The summed E-state index contributed by atoms with van der Waals surface area (Å²) in [5.74, 6) is 0. The van der Waals surface area contributed by atoms with Crippen molar-refractivity contribution in [1.82, 2.24) is 0 Å². The molecule has 0 N–H and O–H groups in total. The molecule has 0 unspecified atom stereocenters. The van der Waals surface area contributed by atoms with E-state index < -0.39 is 34.5 Å². The first-order chi connectivity index (χ1) is 10.2. The molecule has 0 saturated carbocycles. The Hall–Kier alpha value is 2.18. The molecule has 0 rings (SSSR count). The Morgan fingerprint density at radius 3 is 0.864 bits per heavy atom. The first-order valence-electron chi connectivity index (χ1n) is 9.62. The summed E-state index contributed by atoms with van der Waals surface area (Å²) in [6.07, 6.45) is 11.8. The molecule has 0 aliphatic rings. The predicted octanol–water partition coefficient (Wildman–Crippen LogP) is 8.80. The quantitative estimate of drug-likeness (QED) is 0.207. The van der Waals surface area contributed by atoms with Gasteiger partial charge in [-0.1, -0.05) is 0 Å². The van der Waals surface area contributed by atoms with Crippen LogP contribution in [0.3, 0.4) is 0 Å². The van der Waals surface area contributed by atoms with Crippen molar-refractivity contribution in [1.29, 1.82) is 0 Å². The molecule has 0 aliphatic carbocycles. The first kappa shape index (κ1) is 26.4. The van der Waals surface area contributed by atoms with Gasteiger partial charge in [0.05, 0.1) is 0 Å². The Kier molecular flexibility index (Phi) is 20.0. The molecular formula is C18H42Cl2Sn2. The standard InChI is InChI=1S/4C4H9.2CH3.2ClH.2Sn/c4*1-3-4-2;;;;;;/h4*1,3-4H2,2H3;2*1H3;2*1H;;/q;;;;;;;;;+2/p-2. The van der Waals surface area contributed by atoms with Gasteiger partial charge in [0.25, 0.3) is 0 Å². The predicted molar refractivity (Wildman–Crippen MR) is 114 cm³/mol. The SMILES string of the molecule is CCC[CH2][Sn]([CH2]CCC)([CH2]CCC)[CH2]CCC.[CH3][Sn]([CH3])([Cl])[Cl]. The zero-order valence-corrected chi connectivity index (χ0v) is 23.5. The Morgan fingerprint density at radius 2 is 0.727 bits per heavy atom. The molecule has 0 spiro atoms. The maximum atomic E-state index is 5.51. The molecule has 4 heteroatoms. The van der Waals surface area contributed by atoms with Crippen LogP contribution in [0, 0.1) is 0 Å². The number of unbranched alkanes of at least 4 members (excludes halogenated alkanes) is 4. The van der Waals surface area contributed by atoms with Crippen molar-refractivity contribution in [3.8, 4) is 0 Å². The van der Waals surface area contributed by atoms with Crippen molar-refractivity contribution >= 4 is 52.3 Å². The topological polar surface area (TPSA) is 0 Å². The molecule has 0 aromatic heterocycles. The number of rotatable bonds is 12. The zero-order valence-electron chi connectivity index (χ0n) is 16.2. The summed E-state index contributed by atoms with van der Waals surface area (Å²) in [5.41, 5.74) is 0. The summed E-state index contributed by atoms with van der Waals surface area (Å²) in [5, 5.41) is 0. The van der Waals surface area contributed by atoms with Gasteiger partial charge in [-0.3, -0.25) is 0 Å². The molecule has 0 amide bonds. The molecular weight excluding hydrogens is 525 g/mol. The molecule has 0 saturated heterocycles. The summed E-state index contributed by atoms with van der Waals surface area (Å²) in [7, 11) is 11.0. The van der Waals surface area contributed by atoms with E-state index in [1.807, 2.05) is 9.88 Å². The van der Waals surface area contributed by atoms with Crippen molar-refractivity contribution < 1.29 is 0 Å². The maximum absolute atomic E-state index is 5.51. The van der Waals surface area contributed by atoms with Crippen LogP contribution in [0.15, 0.2) is 0 Å². The second-order valence-electron chi connectivity index (χ2n) is 7.24. The molecule has 22 heavy (non-hydrogen) atoms. The summed E-state index contributed by atoms with van der Waals surface area (Å²) in [6.45, 7) is 9.48. The molecule has 0 aliphatic heterocycles. The van der Waals surface area contributed by atoms with E-state index in [9.17, 15) is 0 Å². The van der Waals surface area contributed by atoms with Gasteiger partial charge in [-0.2, -0.15) is 0 Å². The second kappa shape index (κ2) is 16.6. The van der Waals surface area contributed by atoms with E-state index in [1.165, 1.54) is 51.4 Å². The molecule has 0 fully saturated rings. The fourth-order valence-corrected chi connectivity index (χ4v) is 19.8. The average Bonchev–Trinajstić information content (AvgIpc) is 2.44. The Bertz CT molecular complexity index is 184. The fraction of sp³-hybridized carbons (Fsp3) is 1.00. The molecule has 0 atom stereocenters. The van der Waals surface area contributed by atoms with E-state index in [0.717, 1.165) is 0 Å².